The van der Waals surface area contributed by atoms with E-state index >= 15 is 0 Å². The van der Waals surface area contributed by atoms with Crippen molar-refractivity contribution in [2.45, 2.75) is 13.3 Å². The molecule has 5 rings (SSSR count). The zero-order valence-corrected chi connectivity index (χ0v) is 21.5. The molecule has 0 atom stereocenters. The van der Waals surface area contributed by atoms with Crippen LogP contribution in [0.2, 0.25) is 5.02 Å². The topological polar surface area (TPSA) is 121 Å². The van der Waals surface area contributed by atoms with Crippen LogP contribution < -0.4 is 10.6 Å². The Hall–Kier alpha value is -4.81. The van der Waals surface area contributed by atoms with Gasteiger partial charge in [0.25, 0.3) is 0 Å². The minimum Gasteiger partial charge on any atom is -0.367 e. The second-order valence-corrected chi connectivity index (χ2v) is 9.14. The molecule has 2 aromatic carbocycles. The van der Waals surface area contributed by atoms with Gasteiger partial charge < -0.3 is 10.6 Å². The first-order chi connectivity index (χ1) is 18.4. The Balaban J connectivity index is 1.46. The van der Waals surface area contributed by atoms with Crippen LogP contribution in [-0.4, -0.2) is 37.2 Å². The highest BCUT2D eigenvalue weighted by Crippen LogP contribution is 2.34. The zero-order valence-electron chi connectivity index (χ0n) is 20.7. The fourth-order valence-electron chi connectivity index (χ4n) is 4.00. The van der Waals surface area contributed by atoms with Gasteiger partial charge in [-0.3, -0.25) is 14.5 Å². The first-order valence-corrected chi connectivity index (χ1v) is 12.3. The quantitative estimate of drug-likeness (QED) is 0.295. The average molecular weight is 523 g/mol. The molecule has 3 aromatic heterocycles. The molecule has 0 aliphatic rings. The normalized spacial score (nSPS) is 10.8. The average Bonchev–Trinajstić information content (AvgIpc) is 3.35. The van der Waals surface area contributed by atoms with E-state index in [0.717, 1.165) is 16.6 Å². The number of hydrogen-bond donors (Lipinski definition) is 2. The fourth-order valence-corrected chi connectivity index (χ4v) is 4.27. The van der Waals surface area contributed by atoms with E-state index in [2.05, 4.69) is 31.8 Å². The molecule has 2 N–H and O–H groups in total. The molecule has 0 aliphatic heterocycles. The molecule has 38 heavy (non-hydrogen) atoms. The van der Waals surface area contributed by atoms with Crippen LogP contribution in [0.4, 0.5) is 11.5 Å². The van der Waals surface area contributed by atoms with E-state index in [1.165, 1.54) is 0 Å². The summed E-state index contributed by atoms with van der Waals surface area (Å²) in [6.45, 7) is 2.25. The van der Waals surface area contributed by atoms with Gasteiger partial charge in [0.05, 0.1) is 10.5 Å². The van der Waals surface area contributed by atoms with Crippen molar-refractivity contribution in [1.82, 2.24) is 24.7 Å². The number of nitrogens with one attached hydrogen (secondary N) is 2. The number of aryl methyl sites for hydroxylation is 2. The van der Waals surface area contributed by atoms with E-state index in [9.17, 15) is 10.1 Å². The van der Waals surface area contributed by atoms with Gasteiger partial charge in [0.1, 0.15) is 23.2 Å². The number of benzene rings is 2. The van der Waals surface area contributed by atoms with Gasteiger partial charge in [0.2, 0.25) is 5.91 Å². The number of carbonyl (C=O) groups is 1. The predicted molar refractivity (Wildman–Crippen MR) is 148 cm³/mol. The number of halogens is 1. The van der Waals surface area contributed by atoms with Crippen molar-refractivity contribution in [3.05, 3.63) is 83.3 Å². The van der Waals surface area contributed by atoms with E-state index in [0.29, 0.717) is 33.2 Å². The highest BCUT2D eigenvalue weighted by atomic mass is 35.5. The molecular weight excluding hydrogens is 500 g/mol. The first kappa shape index (κ1) is 24.9. The van der Waals surface area contributed by atoms with Crippen LogP contribution in [0.3, 0.4) is 0 Å². The number of amides is 1. The standard InChI is InChI=1S/C28H23ClN8O/c1-17-5-7-20(8-6-17)33-24(38)9-12-32-28-23(16-30)34-26(27(35-28)22-10-13-37(2)36-22)19-14-18-4-3-11-31-25(18)21(29)15-19/h3-8,10-11,13-15H,9,12H2,1-2H3,(H,32,35)(H,33,38). The lowest BCUT2D eigenvalue weighted by molar-refractivity contribution is -0.115. The number of fused-ring (bicyclic) bond motifs is 1. The van der Waals surface area contributed by atoms with Crippen LogP contribution in [0.1, 0.15) is 17.7 Å². The fraction of sp³-hybridized carbons (Fsp3) is 0.143. The molecule has 3 heterocycles. The lowest BCUT2D eigenvalue weighted by Gasteiger charge is -2.13. The summed E-state index contributed by atoms with van der Waals surface area (Å²) in [7, 11) is 1.81. The summed E-state index contributed by atoms with van der Waals surface area (Å²) in [5.74, 6) is 0.113. The van der Waals surface area contributed by atoms with Gasteiger partial charge in [-0.25, -0.2) is 9.97 Å². The summed E-state index contributed by atoms with van der Waals surface area (Å²) in [5, 5.41) is 21.6. The van der Waals surface area contributed by atoms with Crippen molar-refractivity contribution in [2.24, 2.45) is 7.05 Å². The van der Waals surface area contributed by atoms with Crippen molar-refractivity contribution < 1.29 is 4.79 Å². The molecule has 10 heteroatoms. The second kappa shape index (κ2) is 10.7. The number of nitriles is 1. The third-order valence-electron chi connectivity index (χ3n) is 5.87. The van der Waals surface area contributed by atoms with Crippen molar-refractivity contribution in [3.63, 3.8) is 0 Å². The van der Waals surface area contributed by atoms with Crippen LogP contribution in [0.25, 0.3) is 33.5 Å². The number of aromatic nitrogens is 5. The van der Waals surface area contributed by atoms with Gasteiger partial charge in [0, 0.05) is 49.0 Å². The summed E-state index contributed by atoms with van der Waals surface area (Å²) in [5.41, 5.74) is 4.83. The smallest absolute Gasteiger partial charge is 0.226 e. The van der Waals surface area contributed by atoms with Gasteiger partial charge in [-0.15, -0.1) is 0 Å². The van der Waals surface area contributed by atoms with E-state index in [4.69, 9.17) is 16.6 Å². The maximum Gasteiger partial charge on any atom is 0.226 e. The molecule has 5 aromatic rings. The minimum atomic E-state index is -0.159. The Labute approximate surface area is 224 Å². The SMILES string of the molecule is Cc1ccc(NC(=O)CCNc2nc(-c3ccn(C)n3)c(-c3cc(Cl)c4ncccc4c3)nc2C#N)cc1. The molecule has 0 bridgehead atoms. The Morgan fingerprint density at radius 1 is 1.11 bits per heavy atom. The molecule has 9 nitrogen and oxygen atoms in total. The molecule has 0 aliphatic carbocycles. The molecule has 0 saturated heterocycles. The van der Waals surface area contributed by atoms with E-state index in [1.807, 2.05) is 62.5 Å². The lowest BCUT2D eigenvalue weighted by Crippen LogP contribution is -2.17. The zero-order chi connectivity index (χ0) is 26.6. The van der Waals surface area contributed by atoms with Gasteiger partial charge >= 0.3 is 0 Å². The Bertz CT molecular complexity index is 1690. The Morgan fingerprint density at radius 2 is 1.92 bits per heavy atom. The number of anilines is 2. The molecule has 0 radical (unpaired) electrons. The third kappa shape index (κ3) is 5.31. The van der Waals surface area contributed by atoms with Gasteiger partial charge in [-0.1, -0.05) is 35.4 Å². The van der Waals surface area contributed by atoms with Gasteiger partial charge in [-0.05, 0) is 43.3 Å². The highest BCUT2D eigenvalue weighted by molar-refractivity contribution is 6.35. The van der Waals surface area contributed by atoms with E-state index < -0.39 is 0 Å². The van der Waals surface area contributed by atoms with Crippen LogP contribution in [-0.2, 0) is 11.8 Å². The minimum absolute atomic E-state index is 0.0982. The van der Waals surface area contributed by atoms with E-state index in [-0.39, 0.29) is 30.4 Å². The molecule has 0 spiro atoms. The largest absolute Gasteiger partial charge is 0.367 e. The predicted octanol–water partition coefficient (Wildman–Crippen LogP) is 5.37. The van der Waals surface area contributed by atoms with Gasteiger partial charge in [0.15, 0.2) is 11.5 Å². The highest BCUT2D eigenvalue weighted by Gasteiger charge is 2.20. The van der Waals surface area contributed by atoms with Crippen molar-refractivity contribution >= 4 is 39.9 Å². The van der Waals surface area contributed by atoms with Crippen LogP contribution in [0.15, 0.2) is 67.0 Å². The maximum absolute atomic E-state index is 12.4. The van der Waals surface area contributed by atoms with Crippen LogP contribution >= 0.6 is 11.6 Å². The summed E-state index contributed by atoms with van der Waals surface area (Å²) in [4.78, 5) is 26.2. The lowest BCUT2D eigenvalue weighted by atomic mass is 10.0. The van der Waals surface area contributed by atoms with Crippen molar-refractivity contribution in [2.75, 3.05) is 17.2 Å². The Kier molecular flexibility index (Phi) is 6.98. The van der Waals surface area contributed by atoms with Crippen LogP contribution in [0.5, 0.6) is 0 Å². The molecule has 188 valence electrons. The van der Waals surface area contributed by atoms with Crippen LogP contribution in [0, 0.1) is 18.3 Å². The number of hydrogen-bond acceptors (Lipinski definition) is 7. The summed E-state index contributed by atoms with van der Waals surface area (Å²) < 4.78 is 1.67. The Morgan fingerprint density at radius 3 is 2.66 bits per heavy atom. The molecule has 0 saturated carbocycles. The second-order valence-electron chi connectivity index (χ2n) is 8.73. The van der Waals surface area contributed by atoms with E-state index in [1.54, 1.807) is 23.1 Å². The maximum atomic E-state index is 12.4. The van der Waals surface area contributed by atoms with Crippen molar-refractivity contribution in [1.29, 1.82) is 5.26 Å². The molecular formula is C28H23ClN8O. The number of rotatable bonds is 7. The first-order valence-electron chi connectivity index (χ1n) is 11.9. The summed E-state index contributed by atoms with van der Waals surface area (Å²) in [6, 6.07) is 18.9. The monoisotopic (exact) mass is 522 g/mol. The van der Waals surface area contributed by atoms with Gasteiger partial charge in [-0.2, -0.15) is 10.4 Å². The number of nitrogens with zero attached hydrogens (tertiary/aromatic N) is 6. The number of pyridine rings is 1. The summed E-state index contributed by atoms with van der Waals surface area (Å²) in [6.07, 6.45) is 3.66. The number of carbonyl (C=O) groups excluding carboxylic acids is 1. The summed E-state index contributed by atoms with van der Waals surface area (Å²) >= 11 is 6.54. The van der Waals surface area contributed by atoms with Crippen molar-refractivity contribution in [3.8, 4) is 28.7 Å². The molecule has 1 amide bonds. The molecule has 0 unspecified atom stereocenters. The molecule has 0 fully saturated rings. The third-order valence-corrected chi connectivity index (χ3v) is 6.16.